The number of rotatable bonds is 9. The monoisotopic (exact) mass is 268 g/mol. The van der Waals surface area contributed by atoms with Crippen molar-refractivity contribution in [3.05, 3.63) is 0 Å². The number of esters is 2. The molecular weight excluding hydrogens is 244 g/mol. The topological polar surface area (TPSA) is 52.6 Å². The highest BCUT2D eigenvalue weighted by molar-refractivity contribution is 5.70. The first-order valence-corrected chi connectivity index (χ1v) is 6.91. The molecule has 0 fully saturated rings. The van der Waals surface area contributed by atoms with Gasteiger partial charge in [-0.2, -0.15) is 0 Å². The molecule has 0 aromatic carbocycles. The summed E-state index contributed by atoms with van der Waals surface area (Å²) in [6.45, 7) is 6.06. The van der Waals surface area contributed by atoms with Gasteiger partial charge in [0, 0.05) is 12.8 Å². The van der Waals surface area contributed by atoms with Crippen LogP contribution in [0.25, 0.3) is 0 Å². The SMILES string of the molecule is CC#CC(CC)OC(=O)CCCCC(=O)OCCC. The molecule has 0 aliphatic carbocycles. The van der Waals surface area contributed by atoms with Gasteiger partial charge in [0.15, 0.2) is 6.10 Å². The van der Waals surface area contributed by atoms with E-state index in [4.69, 9.17) is 9.47 Å². The van der Waals surface area contributed by atoms with Gasteiger partial charge >= 0.3 is 11.9 Å². The second-order valence-electron chi connectivity index (χ2n) is 4.21. The first kappa shape index (κ1) is 17.5. The lowest BCUT2D eigenvalue weighted by molar-refractivity contribution is -0.147. The van der Waals surface area contributed by atoms with Crippen molar-refractivity contribution in [2.45, 2.75) is 65.4 Å². The number of hydrogen-bond acceptors (Lipinski definition) is 4. The Kier molecular flexibility index (Phi) is 10.7. The van der Waals surface area contributed by atoms with E-state index < -0.39 is 0 Å². The summed E-state index contributed by atoms with van der Waals surface area (Å²) in [5.41, 5.74) is 0. The number of unbranched alkanes of at least 4 members (excludes halogenated alkanes) is 1. The van der Waals surface area contributed by atoms with Crippen LogP contribution in [0.1, 0.15) is 59.3 Å². The highest BCUT2D eigenvalue weighted by atomic mass is 16.5. The van der Waals surface area contributed by atoms with Crippen molar-refractivity contribution in [3.63, 3.8) is 0 Å². The van der Waals surface area contributed by atoms with Gasteiger partial charge in [-0.15, -0.1) is 5.92 Å². The van der Waals surface area contributed by atoms with Gasteiger partial charge in [0.2, 0.25) is 0 Å². The molecule has 0 N–H and O–H groups in total. The van der Waals surface area contributed by atoms with Gasteiger partial charge in [0.05, 0.1) is 6.61 Å². The third-order valence-electron chi connectivity index (χ3n) is 2.43. The van der Waals surface area contributed by atoms with Crippen molar-refractivity contribution in [1.29, 1.82) is 0 Å². The van der Waals surface area contributed by atoms with Crippen molar-refractivity contribution in [1.82, 2.24) is 0 Å². The Labute approximate surface area is 115 Å². The van der Waals surface area contributed by atoms with Crippen LogP contribution >= 0.6 is 0 Å². The van der Waals surface area contributed by atoms with Gasteiger partial charge < -0.3 is 9.47 Å². The van der Waals surface area contributed by atoms with Gasteiger partial charge in [0.25, 0.3) is 0 Å². The maximum Gasteiger partial charge on any atom is 0.307 e. The van der Waals surface area contributed by atoms with Gasteiger partial charge in [-0.25, -0.2) is 0 Å². The van der Waals surface area contributed by atoms with Crippen LogP contribution in [0.3, 0.4) is 0 Å². The van der Waals surface area contributed by atoms with Crippen LogP contribution in [0.5, 0.6) is 0 Å². The van der Waals surface area contributed by atoms with Crippen LogP contribution in [0.15, 0.2) is 0 Å². The van der Waals surface area contributed by atoms with E-state index >= 15 is 0 Å². The second-order valence-corrected chi connectivity index (χ2v) is 4.21. The normalized spacial score (nSPS) is 11.1. The zero-order chi connectivity index (χ0) is 14.5. The molecule has 0 radical (unpaired) electrons. The van der Waals surface area contributed by atoms with E-state index in [0.717, 1.165) is 6.42 Å². The summed E-state index contributed by atoms with van der Waals surface area (Å²) in [5, 5.41) is 0. The Hall–Kier alpha value is -1.50. The van der Waals surface area contributed by atoms with E-state index in [1.807, 2.05) is 13.8 Å². The lowest BCUT2D eigenvalue weighted by Crippen LogP contribution is -2.15. The maximum absolute atomic E-state index is 11.5. The first-order chi connectivity index (χ1) is 9.13. The Bertz CT molecular complexity index is 325. The number of carbonyl (C=O) groups is 2. The zero-order valence-electron chi connectivity index (χ0n) is 12.2. The molecule has 108 valence electrons. The average Bonchev–Trinajstić information content (AvgIpc) is 2.40. The van der Waals surface area contributed by atoms with E-state index in [1.54, 1.807) is 6.92 Å². The van der Waals surface area contributed by atoms with Crippen LogP contribution in [-0.2, 0) is 19.1 Å². The average molecular weight is 268 g/mol. The van der Waals surface area contributed by atoms with Gasteiger partial charge in [-0.05, 0) is 32.6 Å². The van der Waals surface area contributed by atoms with Crippen LogP contribution < -0.4 is 0 Å². The maximum atomic E-state index is 11.5. The number of ether oxygens (including phenoxy) is 2. The van der Waals surface area contributed by atoms with E-state index in [-0.39, 0.29) is 18.0 Å². The molecular formula is C15H24O4. The third-order valence-corrected chi connectivity index (χ3v) is 2.43. The predicted molar refractivity (Wildman–Crippen MR) is 73.3 cm³/mol. The number of carbonyl (C=O) groups excluding carboxylic acids is 2. The molecule has 4 heteroatoms. The quantitative estimate of drug-likeness (QED) is 0.366. The Morgan fingerprint density at radius 2 is 1.74 bits per heavy atom. The Morgan fingerprint density at radius 1 is 1.11 bits per heavy atom. The van der Waals surface area contributed by atoms with Crippen molar-refractivity contribution in [2.24, 2.45) is 0 Å². The molecule has 0 spiro atoms. The lowest BCUT2D eigenvalue weighted by atomic mass is 10.2. The van der Waals surface area contributed by atoms with Crippen molar-refractivity contribution >= 4 is 11.9 Å². The minimum Gasteiger partial charge on any atom is -0.466 e. The predicted octanol–water partition coefficient (Wildman–Crippen LogP) is 2.85. The summed E-state index contributed by atoms with van der Waals surface area (Å²) < 4.78 is 10.1. The summed E-state index contributed by atoms with van der Waals surface area (Å²) in [5.74, 6) is 5.12. The van der Waals surface area contributed by atoms with Crippen LogP contribution in [0, 0.1) is 11.8 Å². The molecule has 1 atom stereocenters. The zero-order valence-corrected chi connectivity index (χ0v) is 12.2. The van der Waals surface area contributed by atoms with E-state index in [0.29, 0.717) is 38.7 Å². The molecule has 0 amide bonds. The molecule has 0 aromatic heterocycles. The summed E-state index contributed by atoms with van der Waals surface area (Å²) in [6.07, 6.45) is 3.17. The molecule has 0 aliphatic rings. The molecule has 1 unspecified atom stereocenters. The van der Waals surface area contributed by atoms with Crippen molar-refractivity contribution < 1.29 is 19.1 Å². The molecule has 0 heterocycles. The molecule has 0 aromatic rings. The number of hydrogen-bond donors (Lipinski definition) is 0. The van der Waals surface area contributed by atoms with Crippen molar-refractivity contribution in [2.75, 3.05) is 6.61 Å². The lowest BCUT2D eigenvalue weighted by Gasteiger charge is -2.09. The minimum atomic E-state index is -0.313. The Morgan fingerprint density at radius 3 is 2.26 bits per heavy atom. The van der Waals surface area contributed by atoms with Gasteiger partial charge in [-0.3, -0.25) is 9.59 Å². The molecule has 0 bridgehead atoms. The summed E-state index contributed by atoms with van der Waals surface area (Å²) in [4.78, 5) is 22.7. The first-order valence-electron chi connectivity index (χ1n) is 6.91. The minimum absolute atomic E-state index is 0.196. The summed E-state index contributed by atoms with van der Waals surface area (Å²) >= 11 is 0. The van der Waals surface area contributed by atoms with Gasteiger partial charge in [0.1, 0.15) is 0 Å². The fourth-order valence-electron chi connectivity index (χ4n) is 1.42. The highest BCUT2D eigenvalue weighted by Gasteiger charge is 2.10. The largest absolute Gasteiger partial charge is 0.466 e. The second kappa shape index (κ2) is 11.6. The standard InChI is InChI=1S/C15H24O4/c1-4-9-13(6-3)19-15(17)11-8-7-10-14(16)18-12-5-2/h13H,5-8,10-12H2,1-3H3. The van der Waals surface area contributed by atoms with Crippen LogP contribution in [0.2, 0.25) is 0 Å². The highest BCUT2D eigenvalue weighted by Crippen LogP contribution is 2.05. The fourth-order valence-corrected chi connectivity index (χ4v) is 1.42. The molecule has 0 saturated carbocycles. The molecule has 0 saturated heterocycles. The molecule has 4 nitrogen and oxygen atoms in total. The van der Waals surface area contributed by atoms with E-state index in [9.17, 15) is 9.59 Å². The molecule has 19 heavy (non-hydrogen) atoms. The van der Waals surface area contributed by atoms with Crippen molar-refractivity contribution in [3.8, 4) is 11.8 Å². The summed E-state index contributed by atoms with van der Waals surface area (Å²) in [6, 6.07) is 0. The van der Waals surface area contributed by atoms with Gasteiger partial charge in [-0.1, -0.05) is 19.8 Å². The van der Waals surface area contributed by atoms with Crippen LogP contribution in [0.4, 0.5) is 0 Å². The summed E-state index contributed by atoms with van der Waals surface area (Å²) in [7, 11) is 0. The van der Waals surface area contributed by atoms with E-state index in [2.05, 4.69) is 11.8 Å². The molecule has 0 rings (SSSR count). The Balaban J connectivity index is 3.67. The molecule has 0 aliphatic heterocycles. The smallest absolute Gasteiger partial charge is 0.307 e. The third kappa shape index (κ3) is 10.1. The van der Waals surface area contributed by atoms with Crippen LogP contribution in [-0.4, -0.2) is 24.6 Å². The fraction of sp³-hybridized carbons (Fsp3) is 0.733. The van der Waals surface area contributed by atoms with E-state index in [1.165, 1.54) is 0 Å².